The lowest BCUT2D eigenvalue weighted by Gasteiger charge is -2.43. The molecule has 0 saturated heterocycles. The number of carboxylic acids is 2. The average molecular weight is 336 g/mol. The molecule has 0 spiro atoms. The number of ether oxygens (including phenoxy) is 1. The Bertz CT molecular complexity index is 604. The fraction of sp³-hybridized carbons (Fsp3) is 0.412. The molecule has 130 valence electrons. The molecule has 0 saturated carbocycles. The number of allylic oxidation sites excluding steroid dienone is 2. The van der Waals surface area contributed by atoms with Gasteiger partial charge in [0, 0.05) is 6.08 Å². The predicted octanol–water partition coefficient (Wildman–Crippen LogP) is 1.74. The molecule has 7 heteroatoms. The Morgan fingerprint density at radius 1 is 1.12 bits per heavy atom. The van der Waals surface area contributed by atoms with Crippen LogP contribution in [-0.4, -0.2) is 40.5 Å². The average Bonchev–Trinajstić information content (AvgIpc) is 2.57. The van der Waals surface area contributed by atoms with Crippen molar-refractivity contribution in [3.05, 3.63) is 37.5 Å². The molecular weight excluding hydrogens is 316 g/mol. The Labute approximate surface area is 139 Å². The summed E-state index contributed by atoms with van der Waals surface area (Å²) in [4.78, 5) is 47.3. The highest BCUT2D eigenvalue weighted by Crippen LogP contribution is 2.52. The lowest BCUT2D eigenvalue weighted by molar-refractivity contribution is -0.175. The predicted molar refractivity (Wildman–Crippen MR) is 84.1 cm³/mol. The van der Waals surface area contributed by atoms with Crippen molar-refractivity contribution in [3.63, 3.8) is 0 Å². The van der Waals surface area contributed by atoms with Gasteiger partial charge in [-0.2, -0.15) is 0 Å². The molecule has 2 N–H and O–H groups in total. The van der Waals surface area contributed by atoms with Gasteiger partial charge in [0.1, 0.15) is 10.8 Å². The van der Waals surface area contributed by atoms with Gasteiger partial charge in [-0.15, -0.1) is 0 Å². The summed E-state index contributed by atoms with van der Waals surface area (Å²) < 4.78 is 4.80. The summed E-state index contributed by atoms with van der Waals surface area (Å²) in [6, 6.07) is 0. The van der Waals surface area contributed by atoms with E-state index in [0.29, 0.717) is 0 Å². The minimum absolute atomic E-state index is 0.0790. The van der Waals surface area contributed by atoms with Crippen molar-refractivity contribution in [2.75, 3.05) is 6.61 Å². The van der Waals surface area contributed by atoms with Crippen molar-refractivity contribution < 1.29 is 34.1 Å². The zero-order chi connectivity index (χ0) is 18.4. The molecule has 0 fully saturated rings. The highest BCUT2D eigenvalue weighted by molar-refractivity contribution is 6.13. The van der Waals surface area contributed by atoms with Gasteiger partial charge in [0.15, 0.2) is 5.78 Å². The maximum absolute atomic E-state index is 12.3. The second-order valence-electron chi connectivity index (χ2n) is 5.47. The quantitative estimate of drug-likeness (QED) is 0.216. The second-order valence-corrected chi connectivity index (χ2v) is 5.47. The number of carboxylic acid groups (broad SMARTS) is 2. The summed E-state index contributed by atoms with van der Waals surface area (Å²) in [5, 5.41) is 19.4. The number of hydrogen-bond donors (Lipinski definition) is 2. The normalized spacial score (nSPS) is 25.5. The maximum Gasteiger partial charge on any atom is 0.330 e. The van der Waals surface area contributed by atoms with Crippen LogP contribution in [0.5, 0.6) is 0 Å². The third kappa shape index (κ3) is 3.15. The molecule has 1 aliphatic carbocycles. The molecule has 7 nitrogen and oxygen atoms in total. The first-order chi connectivity index (χ1) is 11.3. The van der Waals surface area contributed by atoms with E-state index in [1.54, 1.807) is 6.08 Å². The Morgan fingerprint density at radius 3 is 2.29 bits per heavy atom. The van der Waals surface area contributed by atoms with Gasteiger partial charge < -0.3 is 14.9 Å². The third-order valence-electron chi connectivity index (χ3n) is 4.33. The smallest absolute Gasteiger partial charge is 0.330 e. The van der Waals surface area contributed by atoms with Gasteiger partial charge >= 0.3 is 17.9 Å². The molecule has 0 aromatic carbocycles. The first-order valence-electron chi connectivity index (χ1n) is 7.39. The van der Waals surface area contributed by atoms with Crippen molar-refractivity contribution in [3.8, 4) is 0 Å². The minimum Gasteiger partial charge on any atom is -0.481 e. The van der Waals surface area contributed by atoms with E-state index >= 15 is 0 Å². The molecule has 2 atom stereocenters. The van der Waals surface area contributed by atoms with Crippen LogP contribution < -0.4 is 0 Å². The largest absolute Gasteiger partial charge is 0.481 e. The first-order valence-corrected chi connectivity index (χ1v) is 7.39. The number of carbonyl (C=O) groups is 4. The molecule has 0 aromatic rings. The van der Waals surface area contributed by atoms with E-state index in [4.69, 9.17) is 4.74 Å². The molecule has 0 bridgehead atoms. The number of carbonyl (C=O) groups excluding carboxylic acids is 2. The van der Waals surface area contributed by atoms with Gasteiger partial charge in [0.2, 0.25) is 0 Å². The van der Waals surface area contributed by atoms with Crippen molar-refractivity contribution in [1.82, 2.24) is 0 Å². The SMILES string of the molecule is C=CC(=O)OCCCC1(C(=O)O)C=CCCC1(C(=O)O)C(=O)C=C. The standard InChI is InChI=1S/C17H20O7/c1-3-12(18)17(15(22)23)10-6-5-8-16(17,14(20)21)9-7-11-24-13(19)4-2/h3-5,8H,1-2,6-7,9-11H2,(H,20,21)(H,22,23). The summed E-state index contributed by atoms with van der Waals surface area (Å²) in [6.07, 6.45) is 4.68. The molecule has 0 heterocycles. The van der Waals surface area contributed by atoms with Crippen LogP contribution in [0.15, 0.2) is 37.5 Å². The Balaban J connectivity index is 3.23. The van der Waals surface area contributed by atoms with Crippen LogP contribution in [0.4, 0.5) is 0 Å². The highest BCUT2D eigenvalue weighted by Gasteiger charge is 2.64. The fourth-order valence-corrected chi connectivity index (χ4v) is 3.11. The third-order valence-corrected chi connectivity index (χ3v) is 4.33. The van der Waals surface area contributed by atoms with Gasteiger partial charge in [-0.25, -0.2) is 4.79 Å². The molecule has 24 heavy (non-hydrogen) atoms. The number of ketones is 1. The van der Waals surface area contributed by atoms with Gasteiger partial charge in [0.25, 0.3) is 0 Å². The van der Waals surface area contributed by atoms with E-state index in [9.17, 15) is 29.4 Å². The Kier molecular flexibility index (Phi) is 6.22. The molecule has 0 aromatic heterocycles. The van der Waals surface area contributed by atoms with Gasteiger partial charge in [-0.3, -0.25) is 14.4 Å². The number of esters is 1. The second kappa shape index (κ2) is 7.72. The maximum atomic E-state index is 12.3. The molecule has 1 aliphatic rings. The first kappa shape index (κ1) is 19.3. The Morgan fingerprint density at radius 2 is 1.79 bits per heavy atom. The van der Waals surface area contributed by atoms with Crippen molar-refractivity contribution >= 4 is 23.7 Å². The highest BCUT2D eigenvalue weighted by atomic mass is 16.5. The summed E-state index contributed by atoms with van der Waals surface area (Å²) in [7, 11) is 0. The van der Waals surface area contributed by atoms with E-state index in [0.717, 1.165) is 12.2 Å². The molecule has 2 unspecified atom stereocenters. The zero-order valence-electron chi connectivity index (χ0n) is 13.2. The molecule has 0 aliphatic heterocycles. The minimum atomic E-state index is -2.13. The van der Waals surface area contributed by atoms with Crippen LogP contribution >= 0.6 is 0 Å². The summed E-state index contributed by atoms with van der Waals surface area (Å²) in [6.45, 7) is 6.44. The van der Waals surface area contributed by atoms with E-state index in [-0.39, 0.29) is 32.3 Å². The zero-order valence-corrected chi connectivity index (χ0v) is 13.2. The summed E-state index contributed by atoms with van der Waals surface area (Å²) >= 11 is 0. The monoisotopic (exact) mass is 336 g/mol. The topological polar surface area (TPSA) is 118 Å². The fourth-order valence-electron chi connectivity index (χ4n) is 3.11. The lowest BCUT2D eigenvalue weighted by Crippen LogP contribution is -2.57. The van der Waals surface area contributed by atoms with Crippen molar-refractivity contribution in [2.45, 2.75) is 25.7 Å². The Hall–Kier alpha value is -2.70. The van der Waals surface area contributed by atoms with E-state index in [2.05, 4.69) is 13.2 Å². The van der Waals surface area contributed by atoms with Crippen molar-refractivity contribution in [1.29, 1.82) is 0 Å². The molecule has 1 rings (SSSR count). The van der Waals surface area contributed by atoms with Crippen LogP contribution in [0, 0.1) is 10.8 Å². The molecular formula is C17H20O7. The van der Waals surface area contributed by atoms with Gasteiger partial charge in [0.05, 0.1) is 6.61 Å². The summed E-state index contributed by atoms with van der Waals surface area (Å²) in [5.41, 5.74) is -4.05. The molecule has 0 amide bonds. The van der Waals surface area contributed by atoms with E-state index in [1.165, 1.54) is 6.08 Å². The van der Waals surface area contributed by atoms with Crippen LogP contribution in [-0.2, 0) is 23.9 Å². The van der Waals surface area contributed by atoms with Gasteiger partial charge in [-0.1, -0.05) is 25.3 Å². The van der Waals surface area contributed by atoms with Crippen LogP contribution in [0.2, 0.25) is 0 Å². The van der Waals surface area contributed by atoms with E-state index < -0.39 is 34.5 Å². The molecule has 0 radical (unpaired) electrons. The van der Waals surface area contributed by atoms with Gasteiger partial charge in [-0.05, 0) is 31.8 Å². The van der Waals surface area contributed by atoms with Crippen LogP contribution in [0.25, 0.3) is 0 Å². The number of aliphatic carboxylic acids is 2. The number of hydrogen-bond acceptors (Lipinski definition) is 5. The lowest BCUT2D eigenvalue weighted by atomic mass is 9.54. The van der Waals surface area contributed by atoms with Crippen molar-refractivity contribution in [2.24, 2.45) is 10.8 Å². The van der Waals surface area contributed by atoms with E-state index in [1.807, 2.05) is 0 Å². The van der Waals surface area contributed by atoms with Crippen LogP contribution in [0.1, 0.15) is 25.7 Å². The van der Waals surface area contributed by atoms with Crippen LogP contribution in [0.3, 0.4) is 0 Å². The number of rotatable bonds is 9. The summed E-state index contributed by atoms with van der Waals surface area (Å²) in [5.74, 6) is -4.41.